The van der Waals surface area contributed by atoms with E-state index < -0.39 is 23.2 Å². The van der Waals surface area contributed by atoms with E-state index in [2.05, 4.69) is 0 Å². The van der Waals surface area contributed by atoms with Crippen molar-refractivity contribution < 1.29 is 18.0 Å². The predicted octanol–water partition coefficient (Wildman–Crippen LogP) is 4.02. The van der Waals surface area contributed by atoms with Gasteiger partial charge in [0.2, 0.25) is 0 Å². The molecule has 0 bridgehead atoms. The Balaban J connectivity index is 2.19. The first-order valence-electron chi connectivity index (χ1n) is 6.26. The lowest BCUT2D eigenvalue weighted by Crippen LogP contribution is -2.06. The Kier molecular flexibility index (Phi) is 2.89. The predicted molar refractivity (Wildman–Crippen MR) is 68.8 cm³/mol. The molecule has 0 saturated heterocycles. The molecule has 0 aliphatic heterocycles. The molecule has 2 unspecified atom stereocenters. The first-order chi connectivity index (χ1) is 9.58. The Hall–Kier alpha value is -2.10. The van der Waals surface area contributed by atoms with Crippen molar-refractivity contribution in [1.29, 1.82) is 0 Å². The van der Waals surface area contributed by atoms with Gasteiger partial charge < -0.3 is 4.79 Å². The highest BCUT2D eigenvalue weighted by atomic mass is 19.1. The molecule has 102 valence electrons. The molecule has 2 aromatic carbocycles. The third kappa shape index (κ3) is 1.83. The van der Waals surface area contributed by atoms with Gasteiger partial charge in [0, 0.05) is 0 Å². The lowest BCUT2D eigenvalue weighted by molar-refractivity contribution is -0.109. The molecular formula is C16H11F3O. The Labute approximate surface area is 114 Å². The molecule has 2 atom stereocenters. The molecule has 3 rings (SSSR count). The van der Waals surface area contributed by atoms with Crippen LogP contribution in [0.5, 0.6) is 0 Å². The average Bonchev–Trinajstić information content (AvgIpc) is 3.11. The maximum atomic E-state index is 14.6. The fourth-order valence-corrected chi connectivity index (χ4v) is 2.55. The van der Waals surface area contributed by atoms with E-state index >= 15 is 0 Å². The maximum Gasteiger partial charge on any atom is 0.146 e. The van der Waals surface area contributed by atoms with Gasteiger partial charge in [-0.05, 0) is 29.7 Å². The largest absolute Gasteiger partial charge is 0.303 e. The molecule has 1 saturated carbocycles. The van der Waals surface area contributed by atoms with E-state index in [0.717, 1.165) is 12.1 Å². The molecule has 4 heteroatoms. The molecule has 1 aliphatic carbocycles. The van der Waals surface area contributed by atoms with Crippen LogP contribution in [0.15, 0.2) is 42.5 Å². The summed E-state index contributed by atoms with van der Waals surface area (Å²) in [6.45, 7) is 0. The van der Waals surface area contributed by atoms with Crippen molar-refractivity contribution in [3.8, 4) is 11.1 Å². The lowest BCUT2D eigenvalue weighted by Gasteiger charge is -2.14. The highest BCUT2D eigenvalue weighted by Crippen LogP contribution is 2.56. The van der Waals surface area contributed by atoms with Crippen LogP contribution < -0.4 is 0 Å². The Morgan fingerprint density at radius 3 is 2.30 bits per heavy atom. The van der Waals surface area contributed by atoms with E-state index in [9.17, 15) is 18.0 Å². The van der Waals surface area contributed by atoms with Crippen molar-refractivity contribution in [2.24, 2.45) is 5.92 Å². The molecule has 0 spiro atoms. The maximum absolute atomic E-state index is 14.6. The number of rotatable bonds is 3. The molecule has 0 radical (unpaired) electrons. The normalized spacial score (nSPS) is 24.4. The van der Waals surface area contributed by atoms with Crippen molar-refractivity contribution in [1.82, 2.24) is 0 Å². The Bertz CT molecular complexity index is 663. The van der Waals surface area contributed by atoms with E-state index in [-0.39, 0.29) is 23.1 Å². The summed E-state index contributed by atoms with van der Waals surface area (Å²) in [5.41, 5.74) is -1.74. The van der Waals surface area contributed by atoms with Gasteiger partial charge in [0.15, 0.2) is 0 Å². The summed E-state index contributed by atoms with van der Waals surface area (Å²) in [5.74, 6) is -2.23. The Morgan fingerprint density at radius 1 is 1.05 bits per heavy atom. The van der Waals surface area contributed by atoms with Crippen LogP contribution in [-0.2, 0) is 10.5 Å². The van der Waals surface area contributed by atoms with Crippen molar-refractivity contribution >= 4 is 6.29 Å². The first kappa shape index (κ1) is 12.9. The molecular weight excluding hydrogens is 265 g/mol. The van der Waals surface area contributed by atoms with Crippen LogP contribution in [-0.4, -0.2) is 6.29 Å². The summed E-state index contributed by atoms with van der Waals surface area (Å²) < 4.78 is 42.4. The number of hydrogen-bond donors (Lipinski definition) is 0. The second-order valence-electron chi connectivity index (χ2n) is 4.95. The molecule has 0 N–H and O–H groups in total. The number of halogens is 3. The SMILES string of the molecule is O=CC1CC1(F)c1ccccc1-c1c(F)cccc1F. The fourth-order valence-electron chi connectivity index (χ4n) is 2.55. The van der Waals surface area contributed by atoms with Crippen LogP contribution in [0.4, 0.5) is 13.2 Å². The van der Waals surface area contributed by atoms with Crippen LogP contribution in [0.1, 0.15) is 12.0 Å². The van der Waals surface area contributed by atoms with Gasteiger partial charge in [0.25, 0.3) is 0 Å². The highest BCUT2D eigenvalue weighted by molar-refractivity contribution is 5.73. The topological polar surface area (TPSA) is 17.1 Å². The zero-order valence-corrected chi connectivity index (χ0v) is 10.4. The molecule has 0 heterocycles. The molecule has 1 nitrogen and oxygen atoms in total. The highest BCUT2D eigenvalue weighted by Gasteiger charge is 2.57. The third-order valence-corrected chi connectivity index (χ3v) is 3.72. The van der Waals surface area contributed by atoms with Gasteiger partial charge in [-0.25, -0.2) is 13.2 Å². The van der Waals surface area contributed by atoms with E-state index in [0.29, 0.717) is 6.29 Å². The summed E-state index contributed by atoms with van der Waals surface area (Å²) in [6, 6.07) is 9.65. The number of aldehydes is 1. The molecule has 1 aliphatic rings. The van der Waals surface area contributed by atoms with Gasteiger partial charge in [-0.2, -0.15) is 0 Å². The summed E-state index contributed by atoms with van der Waals surface area (Å²) in [6.07, 6.45) is 0.609. The summed E-state index contributed by atoms with van der Waals surface area (Å²) in [5, 5.41) is 0. The van der Waals surface area contributed by atoms with Crippen molar-refractivity contribution in [2.75, 3.05) is 0 Å². The van der Waals surface area contributed by atoms with Crippen molar-refractivity contribution in [2.45, 2.75) is 12.1 Å². The number of carbonyl (C=O) groups is 1. The standard InChI is InChI=1S/C16H11F3O/c17-13-6-3-7-14(18)15(13)11-4-1-2-5-12(11)16(19)8-10(16)9-20/h1-7,9-10H,8H2. The molecule has 0 amide bonds. The number of benzene rings is 2. The Morgan fingerprint density at radius 2 is 1.70 bits per heavy atom. The van der Waals surface area contributed by atoms with E-state index in [1.807, 2.05) is 0 Å². The quantitative estimate of drug-likeness (QED) is 0.774. The van der Waals surface area contributed by atoms with E-state index in [1.54, 1.807) is 12.1 Å². The number of alkyl halides is 1. The molecule has 20 heavy (non-hydrogen) atoms. The van der Waals surface area contributed by atoms with Crippen LogP contribution in [0.25, 0.3) is 11.1 Å². The minimum atomic E-state index is -1.81. The van der Waals surface area contributed by atoms with Crippen molar-refractivity contribution in [3.05, 3.63) is 59.7 Å². The lowest BCUT2D eigenvalue weighted by atomic mass is 9.94. The fraction of sp³-hybridized carbons (Fsp3) is 0.188. The molecule has 2 aromatic rings. The second-order valence-corrected chi connectivity index (χ2v) is 4.95. The van der Waals surface area contributed by atoms with Crippen LogP contribution in [0, 0.1) is 17.6 Å². The van der Waals surface area contributed by atoms with Crippen LogP contribution in [0.3, 0.4) is 0 Å². The average molecular weight is 276 g/mol. The number of hydrogen-bond acceptors (Lipinski definition) is 1. The van der Waals surface area contributed by atoms with E-state index in [1.165, 1.54) is 18.2 Å². The first-order valence-corrected chi connectivity index (χ1v) is 6.26. The van der Waals surface area contributed by atoms with Gasteiger partial charge in [-0.3, -0.25) is 0 Å². The molecule has 1 fully saturated rings. The number of carbonyl (C=O) groups excluding carboxylic acids is 1. The van der Waals surface area contributed by atoms with Crippen molar-refractivity contribution in [3.63, 3.8) is 0 Å². The van der Waals surface area contributed by atoms with Gasteiger partial charge in [0.05, 0.1) is 11.5 Å². The smallest absolute Gasteiger partial charge is 0.146 e. The summed E-state index contributed by atoms with van der Waals surface area (Å²) in [4.78, 5) is 10.7. The monoisotopic (exact) mass is 276 g/mol. The zero-order chi connectivity index (χ0) is 14.3. The summed E-state index contributed by atoms with van der Waals surface area (Å²) >= 11 is 0. The molecule has 0 aromatic heterocycles. The van der Waals surface area contributed by atoms with Crippen LogP contribution >= 0.6 is 0 Å². The van der Waals surface area contributed by atoms with Gasteiger partial charge in [-0.1, -0.05) is 30.3 Å². The van der Waals surface area contributed by atoms with E-state index in [4.69, 9.17) is 0 Å². The minimum absolute atomic E-state index is 0.0591. The minimum Gasteiger partial charge on any atom is -0.303 e. The zero-order valence-electron chi connectivity index (χ0n) is 10.4. The van der Waals surface area contributed by atoms with Gasteiger partial charge >= 0.3 is 0 Å². The summed E-state index contributed by atoms with van der Waals surface area (Å²) in [7, 11) is 0. The second kappa shape index (κ2) is 4.47. The third-order valence-electron chi connectivity index (χ3n) is 3.72. The van der Waals surface area contributed by atoms with Crippen LogP contribution in [0.2, 0.25) is 0 Å². The van der Waals surface area contributed by atoms with Gasteiger partial charge in [0.1, 0.15) is 23.6 Å². The van der Waals surface area contributed by atoms with Gasteiger partial charge in [-0.15, -0.1) is 0 Å².